The number of para-hydroxylation sites is 1. The van der Waals surface area contributed by atoms with Gasteiger partial charge in [0.05, 0.1) is 11.6 Å². The van der Waals surface area contributed by atoms with Crippen LogP contribution < -0.4 is 35.5 Å². The molecule has 1 saturated carbocycles. The number of ether oxygens (including phenoxy) is 3. The van der Waals surface area contributed by atoms with Crippen molar-refractivity contribution in [2.75, 3.05) is 26.4 Å². The van der Waals surface area contributed by atoms with E-state index in [0.29, 0.717) is 56.3 Å². The summed E-state index contributed by atoms with van der Waals surface area (Å²) in [5.74, 6) is 0.312. The fraction of sp³-hybridized carbons (Fsp3) is 0.515. The van der Waals surface area contributed by atoms with Crippen LogP contribution in [-0.2, 0) is 20.8 Å². The summed E-state index contributed by atoms with van der Waals surface area (Å²) in [6.07, 6.45) is 3.29. The molecule has 0 bridgehead atoms. The van der Waals surface area contributed by atoms with Gasteiger partial charge in [-0.1, -0.05) is 44.9 Å². The standard InChI is InChI=1S/C33H42N4O7/c1-21(2)25-20-44-26-8-4-3-7-23(26)30(39)35-24(10-12-29(38)37-33(32(41)36-25)14-5-6-15-33)31(40)34-16-13-22-9-11-27-28(19-22)43-18-17-42-27/h3-4,7-9,11,19,21,24-25H,5-6,10,12-18,20H2,1-2H3,(H,34,40)(H,35,39)(H,36,41)(H,37,38)/t24-,25+/m0/s1. The normalized spacial score (nSPS) is 22.0. The van der Waals surface area contributed by atoms with Gasteiger partial charge in [0.2, 0.25) is 17.7 Å². The first-order valence-electron chi connectivity index (χ1n) is 15.5. The number of carbonyl (C=O) groups excluding carboxylic acids is 4. The van der Waals surface area contributed by atoms with Crippen molar-refractivity contribution >= 4 is 23.6 Å². The van der Waals surface area contributed by atoms with E-state index in [1.165, 1.54) is 0 Å². The molecule has 3 aliphatic rings. The van der Waals surface area contributed by atoms with Gasteiger partial charge in [0.1, 0.15) is 37.2 Å². The van der Waals surface area contributed by atoms with Crippen LogP contribution in [0.5, 0.6) is 17.2 Å². The molecule has 2 atom stereocenters. The van der Waals surface area contributed by atoms with E-state index >= 15 is 0 Å². The monoisotopic (exact) mass is 606 g/mol. The van der Waals surface area contributed by atoms with Crippen LogP contribution in [-0.4, -0.2) is 67.6 Å². The molecule has 2 heterocycles. The van der Waals surface area contributed by atoms with Gasteiger partial charge in [0, 0.05) is 13.0 Å². The Kier molecular flexibility index (Phi) is 9.92. The average molecular weight is 607 g/mol. The molecule has 2 aliphatic heterocycles. The molecule has 4 amide bonds. The van der Waals surface area contributed by atoms with Crippen molar-refractivity contribution < 1.29 is 33.4 Å². The minimum atomic E-state index is -1.01. The summed E-state index contributed by atoms with van der Waals surface area (Å²) < 4.78 is 17.3. The number of benzene rings is 2. The lowest BCUT2D eigenvalue weighted by molar-refractivity contribution is -0.134. The van der Waals surface area contributed by atoms with E-state index < -0.39 is 23.4 Å². The first-order chi connectivity index (χ1) is 21.2. The van der Waals surface area contributed by atoms with Crippen molar-refractivity contribution in [3.05, 3.63) is 53.6 Å². The number of hydrogen-bond acceptors (Lipinski definition) is 7. The van der Waals surface area contributed by atoms with Crippen molar-refractivity contribution in [1.29, 1.82) is 0 Å². The highest BCUT2D eigenvalue weighted by Gasteiger charge is 2.43. The Bertz CT molecular complexity index is 1370. The number of carbonyl (C=O) groups is 4. The highest BCUT2D eigenvalue weighted by molar-refractivity contribution is 6.00. The molecule has 11 heteroatoms. The summed E-state index contributed by atoms with van der Waals surface area (Å²) in [7, 11) is 0. The molecular weight excluding hydrogens is 564 g/mol. The van der Waals surface area contributed by atoms with E-state index in [9.17, 15) is 19.2 Å². The Balaban J connectivity index is 1.33. The molecule has 2 aromatic rings. The molecular formula is C33H42N4O7. The largest absolute Gasteiger partial charge is 0.491 e. The first-order valence-corrected chi connectivity index (χ1v) is 15.5. The maximum absolute atomic E-state index is 13.6. The third-order valence-corrected chi connectivity index (χ3v) is 8.54. The van der Waals surface area contributed by atoms with E-state index in [1.54, 1.807) is 24.3 Å². The van der Waals surface area contributed by atoms with Crippen LogP contribution in [0, 0.1) is 5.92 Å². The van der Waals surface area contributed by atoms with Crippen molar-refractivity contribution in [3.8, 4) is 17.2 Å². The van der Waals surface area contributed by atoms with Gasteiger partial charge >= 0.3 is 0 Å². The van der Waals surface area contributed by atoms with Crippen LogP contribution in [0.1, 0.15) is 68.3 Å². The van der Waals surface area contributed by atoms with E-state index in [0.717, 1.165) is 18.4 Å². The quantitative estimate of drug-likeness (QED) is 0.410. The zero-order valence-corrected chi connectivity index (χ0v) is 25.4. The molecule has 1 fully saturated rings. The molecule has 0 unspecified atom stereocenters. The third-order valence-electron chi connectivity index (χ3n) is 8.54. The fourth-order valence-corrected chi connectivity index (χ4v) is 5.86. The predicted molar refractivity (Wildman–Crippen MR) is 163 cm³/mol. The van der Waals surface area contributed by atoms with Crippen molar-refractivity contribution in [2.45, 2.75) is 76.4 Å². The molecule has 5 rings (SSSR count). The lowest BCUT2D eigenvalue weighted by Gasteiger charge is -2.32. The maximum Gasteiger partial charge on any atom is 0.255 e. The topological polar surface area (TPSA) is 144 Å². The second-order valence-electron chi connectivity index (χ2n) is 12.1. The smallest absolute Gasteiger partial charge is 0.255 e. The number of hydrogen-bond donors (Lipinski definition) is 4. The molecule has 44 heavy (non-hydrogen) atoms. The van der Waals surface area contributed by atoms with Gasteiger partial charge in [-0.15, -0.1) is 0 Å². The van der Waals surface area contributed by atoms with Crippen molar-refractivity contribution in [3.63, 3.8) is 0 Å². The Morgan fingerprint density at radius 2 is 1.70 bits per heavy atom. The van der Waals surface area contributed by atoms with Crippen LogP contribution in [0.4, 0.5) is 0 Å². The van der Waals surface area contributed by atoms with E-state index in [1.807, 2.05) is 32.0 Å². The Hall–Kier alpha value is -4.28. The second kappa shape index (κ2) is 14.0. The highest BCUT2D eigenvalue weighted by atomic mass is 16.6. The minimum absolute atomic E-state index is 0.0404. The highest BCUT2D eigenvalue weighted by Crippen LogP contribution is 2.32. The number of nitrogens with one attached hydrogen (secondary N) is 4. The second-order valence-corrected chi connectivity index (χ2v) is 12.1. The molecule has 0 saturated heterocycles. The molecule has 11 nitrogen and oxygen atoms in total. The Morgan fingerprint density at radius 3 is 2.48 bits per heavy atom. The van der Waals surface area contributed by atoms with Crippen LogP contribution in [0.3, 0.4) is 0 Å². The van der Waals surface area contributed by atoms with Gasteiger partial charge in [-0.05, 0) is 61.4 Å². The SMILES string of the molecule is CC(C)[C@H]1COc2ccccc2C(=O)N[C@H](C(=O)NCCc2ccc3c(c2)OCCO3)CCC(=O)NC2(CCCC2)C(=O)N1. The summed E-state index contributed by atoms with van der Waals surface area (Å²) in [5, 5.41) is 11.8. The van der Waals surface area contributed by atoms with Gasteiger partial charge in [-0.3, -0.25) is 19.2 Å². The van der Waals surface area contributed by atoms with Gasteiger partial charge in [0.25, 0.3) is 5.91 Å². The lowest BCUT2D eigenvalue weighted by Crippen LogP contribution is -2.60. The summed E-state index contributed by atoms with van der Waals surface area (Å²) in [4.78, 5) is 53.7. The number of amides is 4. The summed E-state index contributed by atoms with van der Waals surface area (Å²) >= 11 is 0. The van der Waals surface area contributed by atoms with Crippen molar-refractivity contribution in [2.24, 2.45) is 5.92 Å². The van der Waals surface area contributed by atoms with Gasteiger partial charge in [-0.25, -0.2) is 0 Å². The number of rotatable bonds is 5. The molecule has 2 aromatic carbocycles. The molecule has 236 valence electrons. The summed E-state index contributed by atoms with van der Waals surface area (Å²) in [6.45, 7) is 5.42. The maximum atomic E-state index is 13.6. The van der Waals surface area contributed by atoms with Gasteiger partial charge in [-0.2, -0.15) is 0 Å². The first kappa shape index (κ1) is 31.2. The van der Waals surface area contributed by atoms with Crippen LogP contribution >= 0.6 is 0 Å². The van der Waals surface area contributed by atoms with E-state index in [2.05, 4.69) is 21.3 Å². The molecule has 0 aromatic heterocycles. The predicted octanol–water partition coefficient (Wildman–Crippen LogP) is 2.66. The van der Waals surface area contributed by atoms with Gasteiger partial charge < -0.3 is 35.5 Å². The Morgan fingerprint density at radius 1 is 0.955 bits per heavy atom. The summed E-state index contributed by atoms with van der Waals surface area (Å²) in [5.41, 5.74) is 0.223. The Labute approximate surface area is 257 Å². The van der Waals surface area contributed by atoms with E-state index in [-0.39, 0.29) is 48.8 Å². The fourth-order valence-electron chi connectivity index (χ4n) is 5.86. The molecule has 1 aliphatic carbocycles. The van der Waals surface area contributed by atoms with Crippen LogP contribution in [0.2, 0.25) is 0 Å². The molecule has 0 radical (unpaired) electrons. The molecule has 4 N–H and O–H groups in total. The van der Waals surface area contributed by atoms with Crippen LogP contribution in [0.25, 0.3) is 0 Å². The van der Waals surface area contributed by atoms with Gasteiger partial charge in [0.15, 0.2) is 11.5 Å². The number of fused-ring (bicyclic) bond motifs is 2. The van der Waals surface area contributed by atoms with Crippen LogP contribution in [0.15, 0.2) is 42.5 Å². The lowest BCUT2D eigenvalue weighted by atomic mass is 9.94. The van der Waals surface area contributed by atoms with Crippen molar-refractivity contribution in [1.82, 2.24) is 21.3 Å². The van der Waals surface area contributed by atoms with E-state index in [4.69, 9.17) is 14.2 Å². The summed E-state index contributed by atoms with van der Waals surface area (Å²) in [6, 6.07) is 11.2. The average Bonchev–Trinajstić information content (AvgIpc) is 3.50. The zero-order valence-electron chi connectivity index (χ0n) is 25.4. The minimum Gasteiger partial charge on any atom is -0.491 e. The third kappa shape index (κ3) is 7.43. The zero-order chi connectivity index (χ0) is 31.1. The molecule has 1 spiro atoms.